The summed E-state index contributed by atoms with van der Waals surface area (Å²) in [6.45, 7) is 1.97. The topological polar surface area (TPSA) is 61.9 Å². The summed E-state index contributed by atoms with van der Waals surface area (Å²) in [5.41, 5.74) is 3.88. The van der Waals surface area contributed by atoms with E-state index < -0.39 is 0 Å². The standard InChI is InChI=1S/C22H25N3O3/c1-28-20-10-9-18(14-19(20)25-12-5-4-8-21(25)26)23-22(27)24-13-11-16-6-2-3-7-17(16)15-24/h2-3,6-7,9-10,14H,4-5,8,11-13,15H2,1H3,(H,23,27). The van der Waals surface area contributed by atoms with Gasteiger partial charge in [0.2, 0.25) is 5.91 Å². The highest BCUT2D eigenvalue weighted by Crippen LogP contribution is 2.34. The van der Waals surface area contributed by atoms with Gasteiger partial charge in [-0.15, -0.1) is 0 Å². The van der Waals surface area contributed by atoms with Crippen LogP contribution in [0.15, 0.2) is 42.5 Å². The third kappa shape index (κ3) is 3.67. The van der Waals surface area contributed by atoms with Crippen LogP contribution < -0.4 is 15.0 Å². The zero-order chi connectivity index (χ0) is 19.5. The summed E-state index contributed by atoms with van der Waals surface area (Å²) in [6, 6.07) is 13.6. The van der Waals surface area contributed by atoms with Crippen molar-refractivity contribution >= 4 is 23.3 Å². The molecular formula is C22H25N3O3. The van der Waals surface area contributed by atoms with Crippen LogP contribution >= 0.6 is 0 Å². The normalized spacial score (nSPS) is 16.5. The van der Waals surface area contributed by atoms with E-state index in [9.17, 15) is 9.59 Å². The number of nitrogens with one attached hydrogen (secondary N) is 1. The number of urea groups is 1. The summed E-state index contributed by atoms with van der Waals surface area (Å²) in [6.07, 6.45) is 3.30. The first-order chi connectivity index (χ1) is 13.7. The van der Waals surface area contributed by atoms with E-state index in [4.69, 9.17) is 4.74 Å². The van der Waals surface area contributed by atoms with Gasteiger partial charge in [-0.1, -0.05) is 24.3 Å². The van der Waals surface area contributed by atoms with Gasteiger partial charge in [0.1, 0.15) is 5.75 Å². The molecule has 2 heterocycles. The molecule has 4 rings (SSSR count). The smallest absolute Gasteiger partial charge is 0.322 e. The number of hydrogen-bond donors (Lipinski definition) is 1. The Kier molecular flexibility index (Phi) is 5.19. The lowest BCUT2D eigenvalue weighted by Gasteiger charge is -2.30. The van der Waals surface area contributed by atoms with E-state index in [-0.39, 0.29) is 11.9 Å². The zero-order valence-corrected chi connectivity index (χ0v) is 16.1. The number of piperidine rings is 1. The maximum Gasteiger partial charge on any atom is 0.322 e. The van der Waals surface area contributed by atoms with Gasteiger partial charge in [0.25, 0.3) is 0 Å². The number of amides is 3. The Morgan fingerprint density at radius 3 is 2.64 bits per heavy atom. The number of ether oxygens (including phenoxy) is 1. The Bertz CT molecular complexity index is 896. The summed E-state index contributed by atoms with van der Waals surface area (Å²) in [5.74, 6) is 0.737. The predicted molar refractivity (Wildman–Crippen MR) is 109 cm³/mol. The number of carbonyl (C=O) groups is 2. The van der Waals surface area contributed by atoms with Gasteiger partial charge in [0.15, 0.2) is 0 Å². The van der Waals surface area contributed by atoms with Crippen LogP contribution in [0.1, 0.15) is 30.4 Å². The Morgan fingerprint density at radius 1 is 1.04 bits per heavy atom. The summed E-state index contributed by atoms with van der Waals surface area (Å²) < 4.78 is 5.45. The van der Waals surface area contributed by atoms with Gasteiger partial charge in [-0.2, -0.15) is 0 Å². The average Bonchev–Trinajstić information content (AvgIpc) is 2.73. The average molecular weight is 379 g/mol. The number of nitrogens with zero attached hydrogens (tertiary/aromatic N) is 2. The largest absolute Gasteiger partial charge is 0.495 e. The maximum atomic E-state index is 12.8. The lowest BCUT2D eigenvalue weighted by Crippen LogP contribution is -2.39. The molecule has 6 heteroatoms. The Balaban J connectivity index is 1.51. The molecule has 0 spiro atoms. The van der Waals surface area contributed by atoms with E-state index in [0.717, 1.165) is 19.3 Å². The van der Waals surface area contributed by atoms with Gasteiger partial charge in [-0.25, -0.2) is 4.79 Å². The van der Waals surface area contributed by atoms with Crippen molar-refractivity contribution in [2.75, 3.05) is 30.4 Å². The van der Waals surface area contributed by atoms with Crippen molar-refractivity contribution in [3.8, 4) is 5.75 Å². The Morgan fingerprint density at radius 2 is 1.86 bits per heavy atom. The zero-order valence-electron chi connectivity index (χ0n) is 16.1. The molecule has 0 unspecified atom stereocenters. The van der Waals surface area contributed by atoms with Crippen LogP contribution in [-0.2, 0) is 17.8 Å². The second-order valence-electron chi connectivity index (χ2n) is 7.26. The van der Waals surface area contributed by atoms with Gasteiger partial charge in [-0.3, -0.25) is 4.79 Å². The quantitative estimate of drug-likeness (QED) is 0.882. The Hall–Kier alpha value is -3.02. The molecule has 28 heavy (non-hydrogen) atoms. The van der Waals surface area contributed by atoms with Crippen molar-refractivity contribution in [3.63, 3.8) is 0 Å². The number of fused-ring (bicyclic) bond motifs is 1. The lowest BCUT2D eigenvalue weighted by atomic mass is 10.0. The van der Waals surface area contributed by atoms with Crippen molar-refractivity contribution in [1.29, 1.82) is 0 Å². The molecule has 1 saturated heterocycles. The van der Waals surface area contributed by atoms with Crippen molar-refractivity contribution in [2.45, 2.75) is 32.2 Å². The monoisotopic (exact) mass is 379 g/mol. The van der Waals surface area contributed by atoms with Crippen molar-refractivity contribution < 1.29 is 14.3 Å². The second-order valence-corrected chi connectivity index (χ2v) is 7.26. The molecule has 0 aromatic heterocycles. The van der Waals surface area contributed by atoms with Crippen LogP contribution in [0.4, 0.5) is 16.2 Å². The van der Waals surface area contributed by atoms with E-state index in [2.05, 4.69) is 17.4 Å². The maximum absolute atomic E-state index is 12.8. The molecule has 0 saturated carbocycles. The minimum Gasteiger partial charge on any atom is -0.495 e. The first kappa shape index (κ1) is 18.3. The van der Waals surface area contributed by atoms with Crippen LogP contribution in [0.2, 0.25) is 0 Å². The first-order valence-corrected chi connectivity index (χ1v) is 9.77. The van der Waals surface area contributed by atoms with E-state index >= 15 is 0 Å². The molecule has 2 aliphatic rings. The third-order valence-corrected chi connectivity index (χ3v) is 5.46. The number of anilines is 2. The van der Waals surface area contributed by atoms with Crippen LogP contribution in [0.5, 0.6) is 5.75 Å². The van der Waals surface area contributed by atoms with E-state index in [1.165, 1.54) is 11.1 Å². The fraction of sp³-hybridized carbons (Fsp3) is 0.364. The second kappa shape index (κ2) is 7.92. The lowest BCUT2D eigenvalue weighted by molar-refractivity contribution is -0.119. The molecule has 1 fully saturated rings. The summed E-state index contributed by atoms with van der Waals surface area (Å²) in [5, 5.41) is 2.98. The molecule has 2 aromatic rings. The summed E-state index contributed by atoms with van der Waals surface area (Å²) in [4.78, 5) is 28.7. The molecule has 0 atom stereocenters. The van der Waals surface area contributed by atoms with Gasteiger partial charge in [0, 0.05) is 31.7 Å². The van der Waals surface area contributed by atoms with Gasteiger partial charge >= 0.3 is 6.03 Å². The fourth-order valence-corrected chi connectivity index (χ4v) is 3.91. The molecule has 3 amide bonds. The SMILES string of the molecule is COc1ccc(NC(=O)N2CCc3ccccc3C2)cc1N1CCCCC1=O. The highest BCUT2D eigenvalue weighted by atomic mass is 16.5. The van der Waals surface area contributed by atoms with E-state index in [0.29, 0.717) is 43.2 Å². The predicted octanol–water partition coefficient (Wildman–Crippen LogP) is 3.80. The molecule has 1 N–H and O–H groups in total. The van der Waals surface area contributed by atoms with Crippen LogP contribution in [0.25, 0.3) is 0 Å². The van der Waals surface area contributed by atoms with Gasteiger partial charge in [-0.05, 0) is 48.6 Å². The van der Waals surface area contributed by atoms with Crippen LogP contribution in [0.3, 0.4) is 0 Å². The summed E-state index contributed by atoms with van der Waals surface area (Å²) >= 11 is 0. The number of hydrogen-bond acceptors (Lipinski definition) is 3. The molecule has 6 nitrogen and oxygen atoms in total. The van der Waals surface area contributed by atoms with E-state index in [1.54, 1.807) is 18.1 Å². The number of carbonyl (C=O) groups excluding carboxylic acids is 2. The molecular weight excluding hydrogens is 354 g/mol. The Labute approximate surface area is 165 Å². The molecule has 2 aromatic carbocycles. The molecule has 0 aliphatic carbocycles. The van der Waals surface area contributed by atoms with Gasteiger partial charge in [0.05, 0.1) is 12.8 Å². The number of methoxy groups -OCH3 is 1. The first-order valence-electron chi connectivity index (χ1n) is 9.77. The molecule has 0 bridgehead atoms. The van der Waals surface area contributed by atoms with Crippen molar-refractivity contribution in [1.82, 2.24) is 4.90 Å². The third-order valence-electron chi connectivity index (χ3n) is 5.46. The van der Waals surface area contributed by atoms with E-state index in [1.807, 2.05) is 29.2 Å². The fourth-order valence-electron chi connectivity index (χ4n) is 3.91. The van der Waals surface area contributed by atoms with Crippen LogP contribution in [-0.4, -0.2) is 37.0 Å². The molecule has 146 valence electrons. The number of benzene rings is 2. The van der Waals surface area contributed by atoms with Crippen molar-refractivity contribution in [3.05, 3.63) is 53.6 Å². The highest BCUT2D eigenvalue weighted by molar-refractivity contribution is 5.97. The van der Waals surface area contributed by atoms with Crippen molar-refractivity contribution in [2.24, 2.45) is 0 Å². The van der Waals surface area contributed by atoms with Gasteiger partial charge < -0.3 is 19.9 Å². The molecule has 2 aliphatic heterocycles. The van der Waals surface area contributed by atoms with Crippen LogP contribution in [0, 0.1) is 0 Å². The highest BCUT2D eigenvalue weighted by Gasteiger charge is 2.24. The minimum absolute atomic E-state index is 0.0978. The summed E-state index contributed by atoms with van der Waals surface area (Å²) in [7, 11) is 1.59. The minimum atomic E-state index is -0.129. The number of rotatable bonds is 3. The molecule has 0 radical (unpaired) electrons.